The van der Waals surface area contributed by atoms with E-state index >= 15 is 0 Å². The van der Waals surface area contributed by atoms with Gasteiger partial charge in [-0.2, -0.15) is 0 Å². The SMILES string of the molecule is Cc1nc(CCCCF)c(Cc2ccc(-c3ccccc3-c3noc(=O)[nH]3)cc2)c(=O)n1-c1ccc(O)c(O)c1. The molecule has 2 aromatic heterocycles. The van der Waals surface area contributed by atoms with Gasteiger partial charge in [-0.15, -0.1) is 0 Å². The number of H-pyrrole nitrogens is 1. The van der Waals surface area contributed by atoms with E-state index in [0.29, 0.717) is 59.8 Å². The molecule has 0 spiro atoms. The second-order valence-corrected chi connectivity index (χ2v) is 9.41. The Morgan fingerprint density at radius 2 is 1.70 bits per heavy atom. The molecule has 5 aromatic rings. The minimum atomic E-state index is -0.637. The fourth-order valence-electron chi connectivity index (χ4n) is 4.74. The highest BCUT2D eigenvalue weighted by Gasteiger charge is 2.18. The molecular formula is C30H27FN4O5. The molecular weight excluding hydrogens is 515 g/mol. The van der Waals surface area contributed by atoms with E-state index < -0.39 is 12.4 Å². The van der Waals surface area contributed by atoms with E-state index in [2.05, 4.69) is 14.7 Å². The third-order valence-electron chi connectivity index (χ3n) is 6.71. The number of nitrogens with zero attached hydrogens (tertiary/aromatic N) is 3. The molecule has 0 saturated carbocycles. The van der Waals surface area contributed by atoms with Gasteiger partial charge in [0.1, 0.15) is 5.82 Å². The van der Waals surface area contributed by atoms with Gasteiger partial charge in [0.05, 0.1) is 18.1 Å². The average Bonchev–Trinajstić information content (AvgIpc) is 3.39. The molecule has 0 amide bonds. The Morgan fingerprint density at radius 1 is 0.950 bits per heavy atom. The van der Waals surface area contributed by atoms with Crippen molar-refractivity contribution in [3.8, 4) is 39.7 Å². The molecule has 0 bridgehead atoms. The highest BCUT2D eigenvalue weighted by molar-refractivity contribution is 5.80. The monoisotopic (exact) mass is 542 g/mol. The molecule has 5 rings (SSSR count). The van der Waals surface area contributed by atoms with Crippen LogP contribution in [-0.2, 0) is 12.8 Å². The number of halogens is 1. The highest BCUT2D eigenvalue weighted by atomic mass is 19.1. The summed E-state index contributed by atoms with van der Waals surface area (Å²) >= 11 is 0. The van der Waals surface area contributed by atoms with Crippen LogP contribution in [0.4, 0.5) is 4.39 Å². The van der Waals surface area contributed by atoms with Gasteiger partial charge in [0, 0.05) is 23.6 Å². The zero-order valence-electron chi connectivity index (χ0n) is 21.7. The lowest BCUT2D eigenvalue weighted by Gasteiger charge is -2.16. The fraction of sp³-hybridized carbons (Fsp3) is 0.200. The summed E-state index contributed by atoms with van der Waals surface area (Å²) in [5.74, 6) is -0.520. The molecule has 0 saturated heterocycles. The van der Waals surface area contributed by atoms with E-state index in [0.717, 1.165) is 16.7 Å². The van der Waals surface area contributed by atoms with Gasteiger partial charge in [-0.25, -0.2) is 9.78 Å². The molecule has 204 valence electrons. The van der Waals surface area contributed by atoms with Crippen LogP contribution in [0.3, 0.4) is 0 Å². The van der Waals surface area contributed by atoms with Crippen LogP contribution >= 0.6 is 0 Å². The van der Waals surface area contributed by atoms with E-state index in [-0.39, 0.29) is 17.1 Å². The number of phenolic OH excluding ortho intramolecular Hbond substituents is 2. The summed E-state index contributed by atoms with van der Waals surface area (Å²) in [4.78, 5) is 32.5. The molecule has 3 N–H and O–H groups in total. The van der Waals surface area contributed by atoms with Crippen molar-refractivity contribution in [2.45, 2.75) is 32.6 Å². The minimum absolute atomic E-state index is 0.290. The summed E-state index contributed by atoms with van der Waals surface area (Å²) in [6.45, 7) is 1.26. The Balaban J connectivity index is 1.52. The van der Waals surface area contributed by atoms with Gasteiger partial charge in [-0.1, -0.05) is 53.7 Å². The number of aromatic hydroxyl groups is 2. The average molecular weight is 543 g/mol. The number of phenols is 2. The van der Waals surface area contributed by atoms with Crippen LogP contribution in [0.15, 0.2) is 80.8 Å². The van der Waals surface area contributed by atoms with Crippen molar-refractivity contribution in [3.05, 3.63) is 110 Å². The maximum Gasteiger partial charge on any atom is 0.439 e. The summed E-state index contributed by atoms with van der Waals surface area (Å²) in [6.07, 6.45) is 1.68. The van der Waals surface area contributed by atoms with Crippen LogP contribution in [0.25, 0.3) is 28.2 Å². The maximum atomic E-state index is 13.8. The summed E-state index contributed by atoms with van der Waals surface area (Å²) in [6, 6.07) is 19.3. The van der Waals surface area contributed by atoms with Crippen LogP contribution in [0, 0.1) is 6.92 Å². The molecule has 3 aromatic carbocycles. The third kappa shape index (κ3) is 5.42. The number of benzene rings is 3. The standard InChI is InChI=1S/C30H27FN4O5/c1-18-32-25(8-4-5-15-31)24(29(38)35(18)21-13-14-26(36)27(37)17-21)16-19-9-11-20(12-10-19)22-6-2-3-7-23(22)28-33-30(39)40-34-28/h2-3,6-7,9-14,17,36-37H,4-5,8,15-16H2,1H3,(H,33,34,39). The quantitative estimate of drug-likeness (QED) is 0.179. The second-order valence-electron chi connectivity index (χ2n) is 9.41. The Morgan fingerprint density at radius 3 is 2.38 bits per heavy atom. The summed E-state index contributed by atoms with van der Waals surface area (Å²) in [7, 11) is 0. The van der Waals surface area contributed by atoms with Gasteiger partial charge in [0.25, 0.3) is 5.56 Å². The molecule has 0 aliphatic carbocycles. The molecule has 0 unspecified atom stereocenters. The molecule has 0 atom stereocenters. The lowest BCUT2D eigenvalue weighted by Crippen LogP contribution is -2.28. The molecule has 2 heterocycles. The molecule has 9 nitrogen and oxygen atoms in total. The Labute approximate surface area is 228 Å². The van der Waals surface area contributed by atoms with E-state index in [1.807, 2.05) is 48.5 Å². The highest BCUT2D eigenvalue weighted by Crippen LogP contribution is 2.30. The first-order chi connectivity index (χ1) is 19.4. The van der Waals surface area contributed by atoms with Gasteiger partial charge in [-0.05, 0) is 55.0 Å². The third-order valence-corrected chi connectivity index (χ3v) is 6.71. The van der Waals surface area contributed by atoms with Crippen molar-refractivity contribution in [2.24, 2.45) is 0 Å². The van der Waals surface area contributed by atoms with Crippen molar-refractivity contribution in [2.75, 3.05) is 6.67 Å². The predicted octanol–water partition coefficient (Wildman–Crippen LogP) is 4.85. The Kier molecular flexibility index (Phi) is 7.59. The van der Waals surface area contributed by atoms with Crippen molar-refractivity contribution in [1.82, 2.24) is 19.7 Å². The molecule has 10 heteroatoms. The maximum absolute atomic E-state index is 13.8. The summed E-state index contributed by atoms with van der Waals surface area (Å²) in [5.41, 5.74) is 4.47. The van der Waals surface area contributed by atoms with E-state index in [9.17, 15) is 24.2 Å². The van der Waals surface area contributed by atoms with Crippen molar-refractivity contribution >= 4 is 0 Å². The number of unbranched alkanes of at least 4 members (excludes halogenated alkanes) is 1. The number of hydrogen-bond acceptors (Lipinski definition) is 7. The normalized spacial score (nSPS) is 11.2. The topological polar surface area (TPSA) is 134 Å². The van der Waals surface area contributed by atoms with Crippen molar-refractivity contribution in [3.63, 3.8) is 0 Å². The fourth-order valence-corrected chi connectivity index (χ4v) is 4.74. The van der Waals surface area contributed by atoms with E-state index in [4.69, 9.17) is 4.98 Å². The first kappa shape index (κ1) is 26.6. The zero-order valence-corrected chi connectivity index (χ0v) is 21.7. The number of aromatic nitrogens is 4. The van der Waals surface area contributed by atoms with Crippen LogP contribution in [0.5, 0.6) is 11.5 Å². The van der Waals surface area contributed by atoms with Gasteiger partial charge in [0.2, 0.25) is 0 Å². The molecule has 0 aliphatic rings. The smallest absolute Gasteiger partial charge is 0.439 e. The van der Waals surface area contributed by atoms with Gasteiger partial charge >= 0.3 is 5.76 Å². The van der Waals surface area contributed by atoms with Crippen molar-refractivity contribution < 1.29 is 19.1 Å². The summed E-state index contributed by atoms with van der Waals surface area (Å²) < 4.78 is 18.9. The molecule has 0 aliphatic heterocycles. The molecule has 0 fully saturated rings. The Hall–Kier alpha value is -4.99. The zero-order chi connectivity index (χ0) is 28.2. The van der Waals surface area contributed by atoms with Gasteiger partial charge < -0.3 is 10.2 Å². The number of alkyl halides is 1. The molecule has 40 heavy (non-hydrogen) atoms. The predicted molar refractivity (Wildman–Crippen MR) is 148 cm³/mol. The largest absolute Gasteiger partial charge is 0.504 e. The molecule has 0 radical (unpaired) electrons. The number of aryl methyl sites for hydroxylation is 2. The number of hydrogen-bond donors (Lipinski definition) is 3. The van der Waals surface area contributed by atoms with Crippen molar-refractivity contribution in [1.29, 1.82) is 0 Å². The summed E-state index contributed by atoms with van der Waals surface area (Å²) in [5, 5.41) is 23.5. The van der Waals surface area contributed by atoms with E-state index in [1.165, 1.54) is 22.8 Å². The second kappa shape index (κ2) is 11.4. The van der Waals surface area contributed by atoms with Crippen LogP contribution in [0.2, 0.25) is 0 Å². The minimum Gasteiger partial charge on any atom is -0.504 e. The lowest BCUT2D eigenvalue weighted by molar-refractivity contribution is 0.388. The van der Waals surface area contributed by atoms with Crippen LogP contribution in [-0.4, -0.2) is 36.6 Å². The first-order valence-corrected chi connectivity index (χ1v) is 12.8. The first-order valence-electron chi connectivity index (χ1n) is 12.8. The van der Waals surface area contributed by atoms with Crippen LogP contribution in [0.1, 0.15) is 35.5 Å². The lowest BCUT2D eigenvalue weighted by atomic mass is 9.96. The van der Waals surface area contributed by atoms with Gasteiger partial charge in [-0.3, -0.25) is 23.3 Å². The Bertz CT molecular complexity index is 1770. The number of aromatic amines is 1. The number of nitrogens with one attached hydrogen (secondary N) is 1. The van der Waals surface area contributed by atoms with E-state index in [1.54, 1.807) is 6.92 Å². The van der Waals surface area contributed by atoms with Crippen LogP contribution < -0.4 is 11.3 Å². The van der Waals surface area contributed by atoms with Gasteiger partial charge in [0.15, 0.2) is 17.3 Å². The number of rotatable bonds is 9.